The lowest BCUT2D eigenvalue weighted by Crippen LogP contribution is -2.33. The van der Waals surface area contributed by atoms with Crippen molar-refractivity contribution in [3.05, 3.63) is 11.1 Å². The van der Waals surface area contributed by atoms with Crippen LogP contribution in [0.2, 0.25) is 0 Å². The van der Waals surface area contributed by atoms with Gasteiger partial charge in [0, 0.05) is 5.38 Å². The number of piperidine rings is 1. The van der Waals surface area contributed by atoms with Crippen molar-refractivity contribution < 1.29 is 9.53 Å². The molecule has 100 valence electrons. The highest BCUT2D eigenvalue weighted by molar-refractivity contribution is 7.13. The van der Waals surface area contributed by atoms with Crippen molar-refractivity contribution in [2.24, 2.45) is 0 Å². The number of ether oxygens (including phenoxy) is 1. The van der Waals surface area contributed by atoms with Crippen LogP contribution in [0.4, 0.5) is 5.13 Å². The van der Waals surface area contributed by atoms with Crippen molar-refractivity contribution in [3.63, 3.8) is 0 Å². The minimum absolute atomic E-state index is 0.0294. The van der Waals surface area contributed by atoms with Crippen LogP contribution >= 0.6 is 11.3 Å². The summed E-state index contributed by atoms with van der Waals surface area (Å²) in [6.45, 7) is 4.41. The first-order chi connectivity index (χ1) is 8.74. The molecule has 2 N–H and O–H groups in total. The number of nitrogens with one attached hydrogen (secondary N) is 2. The van der Waals surface area contributed by atoms with E-state index in [9.17, 15) is 4.79 Å². The SMILES string of the molecule is Cc1csc(NC(=O)CCOC2CCNCC2)n1. The van der Waals surface area contributed by atoms with Crippen LogP contribution in [0.1, 0.15) is 25.0 Å². The number of aryl methyl sites for hydroxylation is 1. The summed E-state index contributed by atoms with van der Waals surface area (Å²) in [6.07, 6.45) is 2.77. The smallest absolute Gasteiger partial charge is 0.228 e. The van der Waals surface area contributed by atoms with Crippen LogP contribution in [0.5, 0.6) is 0 Å². The molecule has 0 atom stereocenters. The average Bonchev–Trinajstić information content (AvgIpc) is 2.76. The van der Waals surface area contributed by atoms with Crippen LogP contribution in [0.25, 0.3) is 0 Å². The molecule has 0 unspecified atom stereocenters. The molecule has 0 aromatic carbocycles. The van der Waals surface area contributed by atoms with Crippen molar-refractivity contribution in [2.75, 3.05) is 25.0 Å². The van der Waals surface area contributed by atoms with Gasteiger partial charge in [0.15, 0.2) is 5.13 Å². The molecule has 1 aromatic rings. The highest BCUT2D eigenvalue weighted by atomic mass is 32.1. The maximum atomic E-state index is 11.6. The highest BCUT2D eigenvalue weighted by Crippen LogP contribution is 2.14. The Morgan fingerprint density at radius 1 is 1.61 bits per heavy atom. The summed E-state index contributed by atoms with van der Waals surface area (Å²) in [5.41, 5.74) is 0.932. The number of carbonyl (C=O) groups is 1. The van der Waals surface area contributed by atoms with Gasteiger partial charge in [0.05, 0.1) is 24.8 Å². The number of anilines is 1. The molecule has 5 nitrogen and oxygen atoms in total. The summed E-state index contributed by atoms with van der Waals surface area (Å²) in [6, 6.07) is 0. The summed E-state index contributed by atoms with van der Waals surface area (Å²) >= 11 is 1.45. The average molecular weight is 269 g/mol. The van der Waals surface area contributed by atoms with Crippen LogP contribution in [0, 0.1) is 6.92 Å². The summed E-state index contributed by atoms with van der Waals surface area (Å²) in [5, 5.41) is 8.64. The molecule has 1 aromatic heterocycles. The number of aromatic nitrogens is 1. The third-order valence-electron chi connectivity index (χ3n) is 2.83. The molecule has 0 bridgehead atoms. The predicted molar refractivity (Wildman–Crippen MR) is 71.9 cm³/mol. The van der Waals surface area contributed by atoms with Crippen LogP contribution in [-0.4, -0.2) is 36.7 Å². The number of rotatable bonds is 5. The van der Waals surface area contributed by atoms with E-state index in [2.05, 4.69) is 15.6 Å². The Labute approximate surface area is 111 Å². The zero-order valence-electron chi connectivity index (χ0n) is 10.6. The number of hydrogen-bond acceptors (Lipinski definition) is 5. The highest BCUT2D eigenvalue weighted by Gasteiger charge is 2.13. The van der Waals surface area contributed by atoms with Crippen LogP contribution in [0.15, 0.2) is 5.38 Å². The molecule has 0 spiro atoms. The second-order valence-corrected chi connectivity index (χ2v) is 5.27. The zero-order valence-corrected chi connectivity index (χ0v) is 11.4. The Morgan fingerprint density at radius 3 is 3.06 bits per heavy atom. The molecular formula is C12H19N3O2S. The van der Waals surface area contributed by atoms with Gasteiger partial charge in [-0.15, -0.1) is 11.3 Å². The zero-order chi connectivity index (χ0) is 12.8. The number of carbonyl (C=O) groups excluding carboxylic acids is 1. The molecule has 2 rings (SSSR count). The third-order valence-corrected chi connectivity index (χ3v) is 3.71. The van der Waals surface area contributed by atoms with E-state index in [1.165, 1.54) is 11.3 Å². The Kier molecular flexibility index (Phi) is 5.10. The van der Waals surface area contributed by atoms with E-state index in [1.807, 2.05) is 12.3 Å². The van der Waals surface area contributed by atoms with Crippen molar-refractivity contribution >= 4 is 22.4 Å². The molecule has 1 fully saturated rings. The molecule has 1 saturated heterocycles. The summed E-state index contributed by atoms with van der Waals surface area (Å²) in [7, 11) is 0. The molecule has 0 radical (unpaired) electrons. The largest absolute Gasteiger partial charge is 0.378 e. The quantitative estimate of drug-likeness (QED) is 0.851. The van der Waals surface area contributed by atoms with Gasteiger partial charge in [0.2, 0.25) is 5.91 Å². The Balaban J connectivity index is 1.62. The molecule has 6 heteroatoms. The maximum Gasteiger partial charge on any atom is 0.228 e. The van der Waals surface area contributed by atoms with Crippen LogP contribution in [-0.2, 0) is 9.53 Å². The van der Waals surface area contributed by atoms with Gasteiger partial charge in [-0.1, -0.05) is 0 Å². The second-order valence-electron chi connectivity index (χ2n) is 4.41. The van der Waals surface area contributed by atoms with E-state index in [-0.39, 0.29) is 5.91 Å². The fraction of sp³-hybridized carbons (Fsp3) is 0.667. The van der Waals surface area contributed by atoms with E-state index >= 15 is 0 Å². The number of amides is 1. The fourth-order valence-corrected chi connectivity index (χ4v) is 2.58. The van der Waals surface area contributed by atoms with Gasteiger partial charge >= 0.3 is 0 Å². The van der Waals surface area contributed by atoms with E-state index < -0.39 is 0 Å². The van der Waals surface area contributed by atoms with Crippen LogP contribution < -0.4 is 10.6 Å². The molecule has 0 saturated carbocycles. The van der Waals surface area contributed by atoms with Crippen LogP contribution in [0.3, 0.4) is 0 Å². The molecule has 0 aliphatic carbocycles. The van der Waals surface area contributed by atoms with E-state index in [0.717, 1.165) is 31.6 Å². The molecule has 18 heavy (non-hydrogen) atoms. The van der Waals surface area contributed by atoms with Gasteiger partial charge in [-0.05, 0) is 32.9 Å². The summed E-state index contributed by atoms with van der Waals surface area (Å²) < 4.78 is 5.68. The molecule has 2 heterocycles. The minimum atomic E-state index is -0.0294. The summed E-state index contributed by atoms with van der Waals surface area (Å²) in [4.78, 5) is 15.8. The maximum absolute atomic E-state index is 11.6. The lowest BCUT2D eigenvalue weighted by atomic mass is 10.1. The van der Waals surface area contributed by atoms with Crippen molar-refractivity contribution in [1.29, 1.82) is 0 Å². The Hall–Kier alpha value is -0.980. The Bertz CT molecular complexity index is 388. The van der Waals surface area contributed by atoms with E-state index in [1.54, 1.807) is 0 Å². The molecular weight excluding hydrogens is 250 g/mol. The minimum Gasteiger partial charge on any atom is -0.378 e. The number of thiazole rings is 1. The molecule has 1 aliphatic rings. The predicted octanol–water partition coefficient (Wildman–Crippen LogP) is 1.55. The van der Waals surface area contributed by atoms with E-state index in [0.29, 0.717) is 24.3 Å². The van der Waals surface area contributed by atoms with Gasteiger partial charge < -0.3 is 15.4 Å². The van der Waals surface area contributed by atoms with Gasteiger partial charge in [-0.25, -0.2) is 4.98 Å². The van der Waals surface area contributed by atoms with Crippen molar-refractivity contribution in [2.45, 2.75) is 32.3 Å². The normalized spacial score (nSPS) is 16.7. The molecule has 1 amide bonds. The first-order valence-corrected chi connectivity index (χ1v) is 7.16. The first kappa shape index (κ1) is 13.5. The number of hydrogen-bond donors (Lipinski definition) is 2. The van der Waals surface area contributed by atoms with Gasteiger partial charge in [-0.3, -0.25) is 4.79 Å². The third kappa shape index (κ3) is 4.36. The Morgan fingerprint density at radius 2 is 2.39 bits per heavy atom. The lowest BCUT2D eigenvalue weighted by molar-refractivity contribution is -0.117. The molecule has 1 aliphatic heterocycles. The topological polar surface area (TPSA) is 63.2 Å². The van der Waals surface area contributed by atoms with E-state index in [4.69, 9.17) is 4.74 Å². The number of nitrogens with zero attached hydrogens (tertiary/aromatic N) is 1. The van der Waals surface area contributed by atoms with Gasteiger partial charge in [0.1, 0.15) is 0 Å². The van der Waals surface area contributed by atoms with Crippen molar-refractivity contribution in [1.82, 2.24) is 10.3 Å². The fourth-order valence-electron chi connectivity index (χ4n) is 1.87. The first-order valence-electron chi connectivity index (χ1n) is 6.28. The van der Waals surface area contributed by atoms with Gasteiger partial charge in [-0.2, -0.15) is 0 Å². The second kappa shape index (κ2) is 6.82. The van der Waals surface area contributed by atoms with Gasteiger partial charge in [0.25, 0.3) is 0 Å². The summed E-state index contributed by atoms with van der Waals surface area (Å²) in [5.74, 6) is -0.0294. The lowest BCUT2D eigenvalue weighted by Gasteiger charge is -2.22. The van der Waals surface area contributed by atoms with Crippen molar-refractivity contribution in [3.8, 4) is 0 Å². The monoisotopic (exact) mass is 269 g/mol. The standard InChI is InChI=1S/C12H19N3O2S/c1-9-8-18-12(14-9)15-11(16)4-7-17-10-2-5-13-6-3-10/h8,10,13H,2-7H2,1H3,(H,14,15,16).